The van der Waals surface area contributed by atoms with Crippen LogP contribution in [0.5, 0.6) is 23.0 Å². The number of nitrogens with zero attached hydrogens (tertiary/aromatic N) is 1. The number of methoxy groups -OCH3 is 4. The Kier molecular flexibility index (Phi) is 4.17. The van der Waals surface area contributed by atoms with Gasteiger partial charge < -0.3 is 18.9 Å². The number of fused-ring (bicyclic) bond motifs is 5. The van der Waals surface area contributed by atoms with Crippen LogP contribution in [-0.4, -0.2) is 33.4 Å². The molecule has 26 heavy (non-hydrogen) atoms. The number of ether oxygens (including phenoxy) is 4. The number of benzene rings is 2. The predicted octanol–water partition coefficient (Wildman–Crippen LogP) is 5.29. The molecule has 2 aromatic heterocycles. The second-order valence-electron chi connectivity index (χ2n) is 5.64. The smallest absolute Gasteiger partial charge is 0.162 e. The largest absolute Gasteiger partial charge is 0.493 e. The molecular formula is C19H16ClNO4S. The SMILES string of the molecule is COc1cc2nc(Cl)c3sc4cc(OC)c(OC)cc4c3c2cc1OC. The second kappa shape index (κ2) is 6.37. The molecule has 0 bridgehead atoms. The van der Waals surface area contributed by atoms with Crippen LogP contribution in [0.3, 0.4) is 0 Å². The van der Waals surface area contributed by atoms with E-state index in [0.717, 1.165) is 31.1 Å². The molecule has 0 saturated carbocycles. The highest BCUT2D eigenvalue weighted by Crippen LogP contribution is 2.46. The van der Waals surface area contributed by atoms with E-state index in [4.69, 9.17) is 30.5 Å². The molecule has 0 radical (unpaired) electrons. The summed E-state index contributed by atoms with van der Waals surface area (Å²) in [5, 5.41) is 3.45. The quantitative estimate of drug-likeness (QED) is 0.444. The van der Waals surface area contributed by atoms with Crippen LogP contribution < -0.4 is 18.9 Å². The average Bonchev–Trinajstić information content (AvgIpc) is 3.05. The van der Waals surface area contributed by atoms with Crippen LogP contribution >= 0.6 is 22.9 Å². The summed E-state index contributed by atoms with van der Waals surface area (Å²) in [6, 6.07) is 7.70. The lowest BCUT2D eigenvalue weighted by molar-refractivity contribution is 0.356. The molecule has 0 aliphatic rings. The maximum atomic E-state index is 6.49. The normalized spacial score (nSPS) is 11.3. The molecule has 0 aliphatic carbocycles. The zero-order chi connectivity index (χ0) is 18.4. The first-order chi connectivity index (χ1) is 12.6. The first-order valence-corrected chi connectivity index (χ1v) is 9.00. The molecule has 0 unspecified atom stereocenters. The molecule has 4 rings (SSSR count). The third kappa shape index (κ3) is 2.40. The number of halogens is 1. The predicted molar refractivity (Wildman–Crippen MR) is 106 cm³/mol. The summed E-state index contributed by atoms with van der Waals surface area (Å²) < 4.78 is 23.7. The Morgan fingerprint density at radius 2 is 1.31 bits per heavy atom. The second-order valence-corrected chi connectivity index (χ2v) is 7.05. The van der Waals surface area contributed by atoms with E-state index in [-0.39, 0.29) is 0 Å². The maximum Gasteiger partial charge on any atom is 0.162 e. The van der Waals surface area contributed by atoms with Gasteiger partial charge in [0.05, 0.1) is 38.7 Å². The van der Waals surface area contributed by atoms with Crippen LogP contribution in [0.2, 0.25) is 5.15 Å². The molecular weight excluding hydrogens is 374 g/mol. The van der Waals surface area contributed by atoms with Crippen LogP contribution in [0.25, 0.3) is 31.1 Å². The third-order valence-electron chi connectivity index (χ3n) is 4.37. The highest BCUT2D eigenvalue weighted by molar-refractivity contribution is 7.26. The van der Waals surface area contributed by atoms with E-state index in [1.165, 1.54) is 0 Å². The zero-order valence-electron chi connectivity index (χ0n) is 14.7. The van der Waals surface area contributed by atoms with Gasteiger partial charge in [-0.05, 0) is 12.1 Å². The van der Waals surface area contributed by atoms with Gasteiger partial charge in [-0.1, -0.05) is 11.6 Å². The van der Waals surface area contributed by atoms with Crippen LogP contribution in [0, 0.1) is 0 Å². The molecule has 2 aromatic carbocycles. The van der Waals surface area contributed by atoms with Gasteiger partial charge in [-0.25, -0.2) is 4.98 Å². The molecule has 0 amide bonds. The number of thiophene rings is 1. The zero-order valence-corrected chi connectivity index (χ0v) is 16.2. The lowest BCUT2D eigenvalue weighted by Gasteiger charge is -2.10. The fraction of sp³-hybridized carbons (Fsp3) is 0.211. The van der Waals surface area contributed by atoms with E-state index in [2.05, 4.69) is 4.98 Å². The van der Waals surface area contributed by atoms with Crippen LogP contribution in [0.15, 0.2) is 24.3 Å². The third-order valence-corrected chi connectivity index (χ3v) is 5.92. The summed E-state index contributed by atoms with van der Waals surface area (Å²) in [6.45, 7) is 0. The van der Waals surface area contributed by atoms with Crippen molar-refractivity contribution < 1.29 is 18.9 Å². The lowest BCUT2D eigenvalue weighted by atomic mass is 10.1. The van der Waals surface area contributed by atoms with Gasteiger partial charge in [0.2, 0.25) is 0 Å². The Bertz CT molecular complexity index is 1160. The molecule has 0 saturated heterocycles. The first kappa shape index (κ1) is 17.0. The number of rotatable bonds is 4. The Labute approximate surface area is 159 Å². The van der Waals surface area contributed by atoms with Crippen LogP contribution in [0.1, 0.15) is 0 Å². The Morgan fingerprint density at radius 3 is 1.92 bits per heavy atom. The van der Waals surface area contributed by atoms with Crippen molar-refractivity contribution in [1.82, 2.24) is 4.98 Å². The van der Waals surface area contributed by atoms with Gasteiger partial charge in [0.25, 0.3) is 0 Å². The highest BCUT2D eigenvalue weighted by Gasteiger charge is 2.18. The van der Waals surface area contributed by atoms with Crippen LogP contribution in [-0.2, 0) is 0 Å². The van der Waals surface area contributed by atoms with Gasteiger partial charge in [0, 0.05) is 33.0 Å². The van der Waals surface area contributed by atoms with Gasteiger partial charge in [-0.3, -0.25) is 0 Å². The first-order valence-electron chi connectivity index (χ1n) is 7.80. The molecule has 2 heterocycles. The fourth-order valence-corrected chi connectivity index (χ4v) is 4.56. The van der Waals surface area contributed by atoms with Crippen molar-refractivity contribution >= 4 is 54.0 Å². The number of aromatic nitrogens is 1. The van der Waals surface area contributed by atoms with Crippen molar-refractivity contribution in [3.05, 3.63) is 29.4 Å². The summed E-state index contributed by atoms with van der Waals surface area (Å²) in [6.07, 6.45) is 0. The number of hydrogen-bond donors (Lipinski definition) is 0. The van der Waals surface area contributed by atoms with Crippen molar-refractivity contribution in [2.24, 2.45) is 0 Å². The summed E-state index contributed by atoms with van der Waals surface area (Å²) in [5.74, 6) is 2.60. The number of hydrogen-bond acceptors (Lipinski definition) is 6. The monoisotopic (exact) mass is 389 g/mol. The summed E-state index contributed by atoms with van der Waals surface area (Å²) in [7, 11) is 6.46. The van der Waals surface area contributed by atoms with Gasteiger partial charge in [0.15, 0.2) is 23.0 Å². The molecule has 4 aromatic rings. The fourth-order valence-electron chi connectivity index (χ4n) is 3.15. The Balaban J connectivity index is 2.19. The molecule has 134 valence electrons. The van der Waals surface area contributed by atoms with Crippen molar-refractivity contribution in [1.29, 1.82) is 0 Å². The number of pyridine rings is 1. The summed E-state index contributed by atoms with van der Waals surface area (Å²) in [5.41, 5.74) is 0.745. The van der Waals surface area contributed by atoms with Crippen LogP contribution in [0.4, 0.5) is 0 Å². The van der Waals surface area contributed by atoms with Gasteiger partial charge in [-0.2, -0.15) is 0 Å². The van der Waals surface area contributed by atoms with Gasteiger partial charge in [-0.15, -0.1) is 11.3 Å². The Hall–Kier alpha value is -2.44. The molecule has 7 heteroatoms. The van der Waals surface area contributed by atoms with Crippen molar-refractivity contribution in [2.75, 3.05) is 28.4 Å². The van der Waals surface area contributed by atoms with E-state index >= 15 is 0 Å². The topological polar surface area (TPSA) is 49.8 Å². The molecule has 0 spiro atoms. The Morgan fingerprint density at radius 1 is 0.769 bits per heavy atom. The lowest BCUT2D eigenvalue weighted by Crippen LogP contribution is -1.92. The van der Waals surface area contributed by atoms with E-state index in [0.29, 0.717) is 28.2 Å². The molecule has 0 aliphatic heterocycles. The van der Waals surface area contributed by atoms with Crippen molar-refractivity contribution in [2.45, 2.75) is 0 Å². The molecule has 5 nitrogen and oxygen atoms in total. The van der Waals surface area contributed by atoms with E-state index in [9.17, 15) is 0 Å². The summed E-state index contributed by atoms with van der Waals surface area (Å²) >= 11 is 8.06. The summed E-state index contributed by atoms with van der Waals surface area (Å²) in [4.78, 5) is 4.55. The average molecular weight is 390 g/mol. The minimum atomic E-state index is 0.457. The van der Waals surface area contributed by atoms with Crippen molar-refractivity contribution in [3.8, 4) is 23.0 Å². The van der Waals surface area contributed by atoms with Crippen molar-refractivity contribution in [3.63, 3.8) is 0 Å². The standard InChI is InChI=1S/C19H16ClNO4S/c1-22-12-5-9-11(7-14(12)24-3)21-19(20)18-17(9)10-6-13(23-2)15(25-4)8-16(10)26-18/h5-8H,1-4H3. The van der Waals surface area contributed by atoms with E-state index < -0.39 is 0 Å². The maximum absolute atomic E-state index is 6.49. The van der Waals surface area contributed by atoms with Gasteiger partial charge in [0.1, 0.15) is 5.15 Å². The minimum Gasteiger partial charge on any atom is -0.493 e. The molecule has 0 fully saturated rings. The van der Waals surface area contributed by atoms with E-state index in [1.807, 2.05) is 24.3 Å². The van der Waals surface area contributed by atoms with E-state index in [1.54, 1.807) is 39.8 Å². The van der Waals surface area contributed by atoms with Gasteiger partial charge >= 0.3 is 0 Å². The molecule has 0 N–H and O–H groups in total. The highest BCUT2D eigenvalue weighted by atomic mass is 35.5. The minimum absolute atomic E-state index is 0.457. The molecule has 0 atom stereocenters.